The summed E-state index contributed by atoms with van der Waals surface area (Å²) >= 11 is 0. The van der Waals surface area contributed by atoms with E-state index in [9.17, 15) is 4.39 Å². The molecule has 0 saturated heterocycles. The molecule has 2 fully saturated rings. The topological polar surface area (TPSA) is 51.3 Å². The lowest BCUT2D eigenvalue weighted by Gasteiger charge is -2.28. The van der Waals surface area contributed by atoms with Crippen molar-refractivity contribution in [2.75, 3.05) is 7.05 Å². The number of hydrogen-bond donors (Lipinski definition) is 1. The number of halogens is 1. The highest BCUT2D eigenvalue weighted by Crippen LogP contribution is 2.53. The molecule has 0 amide bonds. The number of nitrogens with two attached hydrogens (primary N) is 1. The third-order valence-corrected chi connectivity index (χ3v) is 8.34. The van der Waals surface area contributed by atoms with E-state index in [0.717, 1.165) is 51.6 Å². The van der Waals surface area contributed by atoms with Gasteiger partial charge in [0, 0.05) is 30.6 Å². The maximum Gasteiger partial charge on any atom is 0.149 e. The summed E-state index contributed by atoms with van der Waals surface area (Å²) in [6.07, 6.45) is 14.4. The van der Waals surface area contributed by atoms with E-state index in [1.165, 1.54) is 38.3 Å². The van der Waals surface area contributed by atoms with Crippen LogP contribution in [-0.2, 0) is 0 Å². The van der Waals surface area contributed by atoms with Crippen molar-refractivity contribution in [1.82, 2.24) is 4.98 Å². The van der Waals surface area contributed by atoms with Gasteiger partial charge in [-0.25, -0.2) is 9.37 Å². The molecule has 4 unspecified atom stereocenters. The van der Waals surface area contributed by atoms with Gasteiger partial charge in [-0.15, -0.1) is 0 Å². The van der Waals surface area contributed by atoms with Crippen molar-refractivity contribution in [3.8, 4) is 11.3 Å². The van der Waals surface area contributed by atoms with Crippen molar-refractivity contribution in [3.05, 3.63) is 65.2 Å². The molecule has 3 nitrogen and oxygen atoms in total. The van der Waals surface area contributed by atoms with Gasteiger partial charge in [-0.1, -0.05) is 57.5 Å². The fourth-order valence-corrected chi connectivity index (χ4v) is 6.45. The normalized spacial score (nSPS) is 25.1. The molecule has 186 valence electrons. The van der Waals surface area contributed by atoms with Gasteiger partial charge in [-0.3, -0.25) is 4.99 Å². The summed E-state index contributed by atoms with van der Waals surface area (Å²) in [7, 11) is 1.71. The highest BCUT2D eigenvalue weighted by molar-refractivity contribution is 6.09. The number of nitrogens with zero attached hydrogens (tertiary/aromatic N) is 2. The molecule has 2 saturated carbocycles. The lowest BCUT2D eigenvalue weighted by molar-refractivity contribution is 0.254. The molecule has 0 bridgehead atoms. The van der Waals surface area contributed by atoms with Crippen LogP contribution < -0.4 is 5.73 Å². The van der Waals surface area contributed by atoms with Crippen LogP contribution in [0.15, 0.2) is 47.6 Å². The van der Waals surface area contributed by atoms with Gasteiger partial charge < -0.3 is 5.73 Å². The van der Waals surface area contributed by atoms with E-state index in [-0.39, 0.29) is 11.2 Å². The molecular formula is C31H40FN3. The summed E-state index contributed by atoms with van der Waals surface area (Å²) in [6.45, 7) is 9.03. The van der Waals surface area contributed by atoms with E-state index in [2.05, 4.69) is 37.9 Å². The summed E-state index contributed by atoms with van der Waals surface area (Å²) in [4.78, 5) is 8.78. The molecule has 1 aromatic carbocycles. The van der Waals surface area contributed by atoms with Crippen LogP contribution in [0.25, 0.3) is 22.9 Å². The SMILES string of the molecule is CN=CC(=CN)c1ccc(-c2nc(/C=C\C(C)(C)CC3CCC4C(C)CCC34)c(C)cc2F)cc1. The van der Waals surface area contributed by atoms with Crippen LogP contribution in [0.3, 0.4) is 0 Å². The van der Waals surface area contributed by atoms with Crippen LogP contribution in [0.2, 0.25) is 0 Å². The van der Waals surface area contributed by atoms with E-state index in [1.807, 2.05) is 31.2 Å². The van der Waals surface area contributed by atoms with Gasteiger partial charge in [-0.2, -0.15) is 0 Å². The van der Waals surface area contributed by atoms with Gasteiger partial charge in [0.15, 0.2) is 0 Å². The fraction of sp³-hybridized carbons (Fsp3) is 0.484. The number of benzene rings is 1. The second-order valence-electron chi connectivity index (χ2n) is 11.4. The Morgan fingerprint density at radius 2 is 1.86 bits per heavy atom. The van der Waals surface area contributed by atoms with E-state index in [1.54, 1.807) is 19.3 Å². The molecule has 35 heavy (non-hydrogen) atoms. The first-order valence-corrected chi connectivity index (χ1v) is 13.0. The van der Waals surface area contributed by atoms with Crippen molar-refractivity contribution in [2.24, 2.45) is 39.8 Å². The Hall–Kier alpha value is -2.75. The number of hydrogen-bond acceptors (Lipinski definition) is 3. The molecule has 0 aliphatic heterocycles. The van der Waals surface area contributed by atoms with Gasteiger partial charge in [0.1, 0.15) is 11.5 Å². The predicted molar refractivity (Wildman–Crippen MR) is 146 cm³/mol. The number of fused-ring (bicyclic) bond motifs is 1. The van der Waals surface area contributed by atoms with Crippen molar-refractivity contribution in [1.29, 1.82) is 0 Å². The van der Waals surface area contributed by atoms with E-state index >= 15 is 0 Å². The van der Waals surface area contributed by atoms with E-state index in [0.29, 0.717) is 5.69 Å². The fourth-order valence-electron chi connectivity index (χ4n) is 6.45. The molecule has 1 heterocycles. The van der Waals surface area contributed by atoms with E-state index in [4.69, 9.17) is 10.7 Å². The van der Waals surface area contributed by atoms with Crippen LogP contribution in [0, 0.1) is 41.8 Å². The summed E-state index contributed by atoms with van der Waals surface area (Å²) in [5.74, 6) is 3.28. The minimum absolute atomic E-state index is 0.0848. The number of aliphatic imine (C=N–C) groups is 1. The number of aryl methyl sites for hydroxylation is 1. The first-order chi connectivity index (χ1) is 16.7. The second-order valence-corrected chi connectivity index (χ2v) is 11.4. The molecule has 4 heteroatoms. The van der Waals surface area contributed by atoms with Gasteiger partial charge in [0.25, 0.3) is 0 Å². The number of allylic oxidation sites excluding steroid dienone is 2. The van der Waals surface area contributed by atoms with Crippen LogP contribution in [0.4, 0.5) is 4.39 Å². The summed E-state index contributed by atoms with van der Waals surface area (Å²) < 4.78 is 14.9. The van der Waals surface area contributed by atoms with Gasteiger partial charge in [0.05, 0.1) is 5.69 Å². The maximum atomic E-state index is 14.9. The highest BCUT2D eigenvalue weighted by atomic mass is 19.1. The average Bonchev–Trinajstić information content (AvgIpc) is 3.40. The van der Waals surface area contributed by atoms with Crippen molar-refractivity contribution in [3.63, 3.8) is 0 Å². The van der Waals surface area contributed by atoms with Crippen molar-refractivity contribution in [2.45, 2.75) is 59.8 Å². The summed E-state index contributed by atoms with van der Waals surface area (Å²) in [5.41, 5.74) is 10.4. The van der Waals surface area contributed by atoms with Crippen molar-refractivity contribution >= 4 is 17.9 Å². The zero-order valence-electron chi connectivity index (χ0n) is 21.9. The number of pyridine rings is 1. The first-order valence-electron chi connectivity index (χ1n) is 13.0. The minimum atomic E-state index is -0.302. The largest absolute Gasteiger partial charge is 0.404 e. The van der Waals surface area contributed by atoms with Gasteiger partial charge in [-0.05, 0) is 85.0 Å². The van der Waals surface area contributed by atoms with Crippen molar-refractivity contribution < 1.29 is 4.39 Å². The molecule has 1 aromatic heterocycles. The van der Waals surface area contributed by atoms with Crippen LogP contribution in [0.5, 0.6) is 0 Å². The van der Waals surface area contributed by atoms with Crippen LogP contribution in [0.1, 0.15) is 69.7 Å². The zero-order chi connectivity index (χ0) is 25.2. The van der Waals surface area contributed by atoms with Gasteiger partial charge in [0.2, 0.25) is 0 Å². The first kappa shape index (κ1) is 25.3. The Morgan fingerprint density at radius 3 is 2.54 bits per heavy atom. The van der Waals surface area contributed by atoms with Crippen LogP contribution in [-0.4, -0.2) is 18.2 Å². The highest BCUT2D eigenvalue weighted by Gasteiger charge is 2.43. The molecule has 2 aliphatic rings. The molecule has 0 spiro atoms. The molecule has 2 aliphatic carbocycles. The Labute approximate surface area is 210 Å². The monoisotopic (exact) mass is 473 g/mol. The third-order valence-electron chi connectivity index (χ3n) is 8.34. The Balaban J connectivity index is 1.53. The minimum Gasteiger partial charge on any atom is -0.404 e. The Morgan fingerprint density at radius 1 is 1.14 bits per heavy atom. The summed E-state index contributed by atoms with van der Waals surface area (Å²) in [5, 5.41) is 0. The quantitative estimate of drug-likeness (QED) is 0.419. The smallest absolute Gasteiger partial charge is 0.149 e. The average molecular weight is 474 g/mol. The lowest BCUT2D eigenvalue weighted by atomic mass is 9.77. The number of rotatable bonds is 7. The zero-order valence-corrected chi connectivity index (χ0v) is 21.9. The summed E-state index contributed by atoms with van der Waals surface area (Å²) in [6, 6.07) is 9.22. The Kier molecular flexibility index (Phi) is 7.59. The maximum absolute atomic E-state index is 14.9. The molecule has 2 aromatic rings. The third kappa shape index (κ3) is 5.58. The van der Waals surface area contributed by atoms with E-state index < -0.39 is 0 Å². The number of aromatic nitrogens is 1. The lowest BCUT2D eigenvalue weighted by Crippen LogP contribution is -2.19. The Bertz CT molecular complexity index is 1130. The molecular weight excluding hydrogens is 433 g/mol. The predicted octanol–water partition coefficient (Wildman–Crippen LogP) is 7.70. The van der Waals surface area contributed by atoms with Crippen LogP contribution >= 0.6 is 0 Å². The molecule has 4 rings (SSSR count). The molecule has 2 N–H and O–H groups in total. The van der Waals surface area contributed by atoms with Gasteiger partial charge >= 0.3 is 0 Å². The second kappa shape index (κ2) is 10.5. The standard InChI is InChI=1S/C31H40FN3/c1-20-6-12-27-24(11-13-26(20)27)17-31(3,4)15-14-29-21(2)16-28(32)30(35-29)23-9-7-22(8-10-23)25(18-33)19-34-5/h7-10,14-16,18-20,24,26-27H,6,11-13,17,33H2,1-5H3/b15-14-,25-18?,34-19?. The molecule has 4 atom stereocenters. The molecule has 0 radical (unpaired) electrons.